The Morgan fingerprint density at radius 3 is 2.29 bits per heavy atom. The number of rotatable bonds is 11. The Kier molecular flexibility index (Phi) is 10.2. The van der Waals surface area contributed by atoms with Crippen molar-refractivity contribution in [1.29, 1.82) is 0 Å². The number of carbonyl (C=O) groups excluding carboxylic acids is 2. The van der Waals surface area contributed by atoms with Crippen LogP contribution in [0.2, 0.25) is 5.02 Å². The van der Waals surface area contributed by atoms with Gasteiger partial charge >= 0.3 is 0 Å². The second-order valence-corrected chi connectivity index (χ2v) is 10.2. The molecule has 2 amide bonds. The van der Waals surface area contributed by atoms with Gasteiger partial charge in [-0.1, -0.05) is 84.8 Å². The smallest absolute Gasteiger partial charge is 0.243 e. The maximum atomic E-state index is 13.7. The molecule has 2 atom stereocenters. The largest absolute Gasteiger partial charge is 0.352 e. The summed E-state index contributed by atoms with van der Waals surface area (Å²) < 4.78 is 0. The van der Waals surface area contributed by atoms with Gasteiger partial charge in [0.05, 0.1) is 5.75 Å². The Labute approximate surface area is 218 Å². The predicted molar refractivity (Wildman–Crippen MR) is 146 cm³/mol. The molecule has 0 aliphatic carbocycles. The highest BCUT2D eigenvalue weighted by molar-refractivity contribution is 8.00. The molecule has 0 bridgehead atoms. The Morgan fingerprint density at radius 1 is 0.971 bits per heavy atom. The summed E-state index contributed by atoms with van der Waals surface area (Å²) in [6.07, 6.45) is 1.24. The van der Waals surface area contributed by atoms with E-state index in [-0.39, 0.29) is 30.2 Å². The number of hydrogen-bond acceptors (Lipinski definition) is 3. The van der Waals surface area contributed by atoms with Crippen molar-refractivity contribution >= 4 is 35.2 Å². The van der Waals surface area contributed by atoms with Crippen LogP contribution in [0.1, 0.15) is 37.0 Å². The average molecular weight is 509 g/mol. The predicted octanol–water partition coefficient (Wildman–Crippen LogP) is 6.30. The van der Waals surface area contributed by atoms with E-state index >= 15 is 0 Å². The van der Waals surface area contributed by atoms with E-state index in [2.05, 4.69) is 5.32 Å². The number of aryl methyl sites for hydroxylation is 1. The van der Waals surface area contributed by atoms with Gasteiger partial charge in [-0.25, -0.2) is 0 Å². The summed E-state index contributed by atoms with van der Waals surface area (Å²) in [5, 5.41) is 3.67. The van der Waals surface area contributed by atoms with E-state index in [1.807, 2.05) is 99.6 Å². The molecule has 1 N–H and O–H groups in total. The summed E-state index contributed by atoms with van der Waals surface area (Å²) in [4.78, 5) is 29.9. The van der Waals surface area contributed by atoms with E-state index in [9.17, 15) is 9.59 Å². The molecule has 4 nitrogen and oxygen atoms in total. The fraction of sp³-hybridized carbons (Fsp3) is 0.310. The summed E-state index contributed by atoms with van der Waals surface area (Å²) >= 11 is 7.95. The van der Waals surface area contributed by atoms with E-state index < -0.39 is 6.04 Å². The Bertz CT molecular complexity index is 1110. The van der Waals surface area contributed by atoms with Crippen molar-refractivity contribution in [3.8, 4) is 0 Å². The monoisotopic (exact) mass is 508 g/mol. The summed E-state index contributed by atoms with van der Waals surface area (Å²) in [7, 11) is 0. The summed E-state index contributed by atoms with van der Waals surface area (Å²) in [6.45, 7) is 6.31. The van der Waals surface area contributed by atoms with Gasteiger partial charge in [0, 0.05) is 28.9 Å². The van der Waals surface area contributed by atoms with Crippen molar-refractivity contribution in [1.82, 2.24) is 10.2 Å². The van der Waals surface area contributed by atoms with Crippen LogP contribution in [0, 0.1) is 6.92 Å². The molecule has 0 saturated heterocycles. The minimum absolute atomic E-state index is 0.0139. The van der Waals surface area contributed by atoms with Gasteiger partial charge in [-0.3, -0.25) is 9.59 Å². The number of benzene rings is 3. The average Bonchev–Trinajstić information content (AvgIpc) is 2.87. The van der Waals surface area contributed by atoms with Gasteiger partial charge in [0.15, 0.2) is 0 Å². The third kappa shape index (κ3) is 8.15. The van der Waals surface area contributed by atoms with E-state index in [0.717, 1.165) is 22.4 Å². The maximum absolute atomic E-state index is 13.7. The Balaban J connectivity index is 1.91. The van der Waals surface area contributed by atoms with Gasteiger partial charge in [0.1, 0.15) is 6.04 Å². The minimum Gasteiger partial charge on any atom is -0.352 e. The van der Waals surface area contributed by atoms with E-state index in [1.165, 1.54) is 17.3 Å². The van der Waals surface area contributed by atoms with Gasteiger partial charge in [-0.2, -0.15) is 0 Å². The first-order valence-corrected chi connectivity index (χ1v) is 13.3. The van der Waals surface area contributed by atoms with Crippen molar-refractivity contribution in [2.24, 2.45) is 0 Å². The molecular formula is C29H33ClN2O2S. The molecule has 0 aliphatic rings. The molecule has 0 aliphatic heterocycles. The molecule has 184 valence electrons. The number of nitrogens with one attached hydrogen (secondary N) is 1. The number of amides is 2. The van der Waals surface area contributed by atoms with Crippen LogP contribution in [-0.4, -0.2) is 34.6 Å². The van der Waals surface area contributed by atoms with Crippen molar-refractivity contribution in [3.05, 3.63) is 101 Å². The minimum atomic E-state index is -0.659. The first-order valence-electron chi connectivity index (χ1n) is 11.9. The number of thioether (sulfide) groups is 1. The van der Waals surface area contributed by atoms with Gasteiger partial charge < -0.3 is 10.2 Å². The number of carbonyl (C=O) groups is 2. The fourth-order valence-electron chi connectivity index (χ4n) is 3.67. The normalized spacial score (nSPS) is 12.6. The third-order valence-electron chi connectivity index (χ3n) is 5.95. The van der Waals surface area contributed by atoms with E-state index in [1.54, 1.807) is 4.90 Å². The lowest BCUT2D eigenvalue weighted by Gasteiger charge is -2.32. The van der Waals surface area contributed by atoms with E-state index in [4.69, 9.17) is 11.6 Å². The molecule has 6 heteroatoms. The highest BCUT2D eigenvalue weighted by Crippen LogP contribution is 2.24. The van der Waals surface area contributed by atoms with Crippen LogP contribution in [-0.2, 0) is 22.6 Å². The summed E-state index contributed by atoms with van der Waals surface area (Å²) in [5.74, 6) is -0.0187. The van der Waals surface area contributed by atoms with Gasteiger partial charge in [0.2, 0.25) is 11.8 Å². The van der Waals surface area contributed by atoms with Crippen LogP contribution >= 0.6 is 23.4 Å². The summed E-state index contributed by atoms with van der Waals surface area (Å²) in [5.41, 5.74) is 2.99. The fourth-order valence-corrected chi connectivity index (χ4v) is 4.65. The van der Waals surface area contributed by atoms with Crippen LogP contribution in [0.4, 0.5) is 0 Å². The van der Waals surface area contributed by atoms with Crippen molar-refractivity contribution in [3.63, 3.8) is 0 Å². The standard InChI is InChI=1S/C29H33ClN2O2S/c1-4-22(3)31-29(34)27(18-23-10-6-5-7-11-23)32(19-24-12-8-9-13-26(24)30)28(33)20-35-25-16-14-21(2)15-17-25/h5-17,22,27H,4,18-20H2,1-3H3,(H,31,34)/t22-,27+/m1/s1. The zero-order valence-electron chi connectivity index (χ0n) is 20.5. The molecule has 3 aromatic rings. The highest BCUT2D eigenvalue weighted by atomic mass is 35.5. The third-order valence-corrected chi connectivity index (χ3v) is 7.32. The SMILES string of the molecule is CC[C@@H](C)NC(=O)[C@H](Cc1ccccc1)N(Cc1ccccc1Cl)C(=O)CSc1ccc(C)cc1. The van der Waals surface area contributed by atoms with Crippen LogP contribution in [0.5, 0.6) is 0 Å². The lowest BCUT2D eigenvalue weighted by molar-refractivity contribution is -0.139. The Morgan fingerprint density at radius 2 is 1.63 bits per heavy atom. The van der Waals surface area contributed by atoms with Gasteiger partial charge in [-0.15, -0.1) is 11.8 Å². The lowest BCUT2D eigenvalue weighted by atomic mass is 10.0. The second-order valence-electron chi connectivity index (χ2n) is 8.74. The van der Waals surface area contributed by atoms with Crippen molar-refractivity contribution in [2.45, 2.75) is 57.1 Å². The molecule has 0 spiro atoms. The molecular weight excluding hydrogens is 476 g/mol. The quantitative estimate of drug-likeness (QED) is 0.309. The molecule has 0 unspecified atom stereocenters. The van der Waals surface area contributed by atoms with E-state index in [0.29, 0.717) is 11.4 Å². The van der Waals surface area contributed by atoms with Crippen LogP contribution < -0.4 is 5.32 Å². The lowest BCUT2D eigenvalue weighted by Crippen LogP contribution is -2.52. The first-order chi connectivity index (χ1) is 16.9. The second kappa shape index (κ2) is 13.4. The van der Waals surface area contributed by atoms with Crippen LogP contribution in [0.3, 0.4) is 0 Å². The highest BCUT2D eigenvalue weighted by Gasteiger charge is 2.31. The van der Waals surface area contributed by atoms with Crippen molar-refractivity contribution < 1.29 is 9.59 Å². The summed E-state index contributed by atoms with van der Waals surface area (Å²) in [6, 6.07) is 24.8. The zero-order chi connectivity index (χ0) is 25.2. The maximum Gasteiger partial charge on any atom is 0.243 e. The van der Waals surface area contributed by atoms with Gasteiger partial charge in [-0.05, 0) is 49.6 Å². The molecule has 3 aromatic carbocycles. The topological polar surface area (TPSA) is 49.4 Å². The zero-order valence-corrected chi connectivity index (χ0v) is 22.1. The van der Waals surface area contributed by atoms with Crippen LogP contribution in [0.25, 0.3) is 0 Å². The molecule has 35 heavy (non-hydrogen) atoms. The van der Waals surface area contributed by atoms with Crippen molar-refractivity contribution in [2.75, 3.05) is 5.75 Å². The molecule has 0 aromatic heterocycles. The van der Waals surface area contributed by atoms with Crippen LogP contribution in [0.15, 0.2) is 83.8 Å². The molecule has 0 heterocycles. The molecule has 0 fully saturated rings. The first kappa shape index (κ1) is 26.8. The number of hydrogen-bond donors (Lipinski definition) is 1. The number of nitrogens with zero attached hydrogens (tertiary/aromatic N) is 1. The molecule has 0 radical (unpaired) electrons. The molecule has 3 rings (SSSR count). The number of halogens is 1. The van der Waals surface area contributed by atoms with Gasteiger partial charge in [0.25, 0.3) is 0 Å². The Hall–Kier alpha value is -2.76. The molecule has 0 saturated carbocycles.